The Kier molecular flexibility index (Phi) is 6.67. The molecule has 2 heterocycles. The third-order valence-electron chi connectivity index (χ3n) is 4.32. The van der Waals surface area contributed by atoms with Crippen molar-refractivity contribution in [1.82, 2.24) is 15.2 Å². The van der Waals surface area contributed by atoms with Crippen molar-refractivity contribution in [3.8, 4) is 0 Å². The van der Waals surface area contributed by atoms with E-state index < -0.39 is 0 Å². The van der Waals surface area contributed by atoms with Gasteiger partial charge in [-0.3, -0.25) is 9.69 Å². The first-order valence-corrected chi connectivity index (χ1v) is 9.55. The normalized spacial score (nSPS) is 16.4. The van der Waals surface area contributed by atoms with E-state index in [0.717, 1.165) is 23.7 Å². The Balaban J connectivity index is 1.69. The number of aromatic nitrogens is 1. The zero-order valence-corrected chi connectivity index (χ0v) is 15.3. The van der Waals surface area contributed by atoms with E-state index in [-0.39, 0.29) is 17.8 Å². The summed E-state index contributed by atoms with van der Waals surface area (Å²) in [5.74, 6) is -0.503. The molecule has 1 aliphatic heterocycles. The Morgan fingerprint density at radius 2 is 2.23 bits per heavy atom. The van der Waals surface area contributed by atoms with Crippen LogP contribution in [0.1, 0.15) is 27.1 Å². The summed E-state index contributed by atoms with van der Waals surface area (Å²) in [7, 11) is 0. The number of nitrogens with zero attached hydrogens (tertiary/aromatic N) is 2. The van der Waals surface area contributed by atoms with E-state index in [2.05, 4.69) is 15.2 Å². The molecule has 1 amide bonds. The Hall–Kier alpha value is -1.87. The number of rotatable bonds is 7. The summed E-state index contributed by atoms with van der Waals surface area (Å²) >= 11 is 1.43. The van der Waals surface area contributed by atoms with Crippen LogP contribution in [-0.4, -0.2) is 55.2 Å². The van der Waals surface area contributed by atoms with Crippen LogP contribution in [-0.2, 0) is 11.2 Å². The van der Waals surface area contributed by atoms with Gasteiger partial charge in [0.05, 0.1) is 24.3 Å². The highest BCUT2D eigenvalue weighted by Gasteiger charge is 2.24. The van der Waals surface area contributed by atoms with Crippen molar-refractivity contribution in [3.63, 3.8) is 0 Å². The highest BCUT2D eigenvalue weighted by molar-refractivity contribution is 7.09. The minimum atomic E-state index is -0.280. The summed E-state index contributed by atoms with van der Waals surface area (Å²) in [6, 6.07) is 6.42. The maximum atomic E-state index is 13.7. The molecule has 1 aliphatic rings. The molecule has 1 atom stereocenters. The molecule has 3 rings (SSSR count). The SMILES string of the molecule is NCCc1nc(C(=O)NCC(c2cccc(F)c2)N2CCOCC2)cs1. The van der Waals surface area contributed by atoms with Gasteiger partial charge >= 0.3 is 0 Å². The van der Waals surface area contributed by atoms with E-state index in [9.17, 15) is 9.18 Å². The lowest BCUT2D eigenvalue weighted by Gasteiger charge is -2.34. The van der Waals surface area contributed by atoms with Crippen LogP contribution in [0.5, 0.6) is 0 Å². The average Bonchev–Trinajstić information content (AvgIpc) is 3.12. The van der Waals surface area contributed by atoms with Gasteiger partial charge in [-0.1, -0.05) is 12.1 Å². The summed E-state index contributed by atoms with van der Waals surface area (Å²) in [5, 5.41) is 5.54. The molecule has 8 heteroatoms. The highest BCUT2D eigenvalue weighted by Crippen LogP contribution is 2.22. The summed E-state index contributed by atoms with van der Waals surface area (Å²) in [4.78, 5) is 19.0. The number of ether oxygens (including phenoxy) is 1. The maximum Gasteiger partial charge on any atom is 0.270 e. The van der Waals surface area contributed by atoms with Crippen molar-refractivity contribution in [3.05, 3.63) is 51.7 Å². The number of carbonyl (C=O) groups excluding carboxylic acids is 1. The standard InChI is InChI=1S/C18H23FN4O2S/c19-14-3-1-2-13(10-14)16(23-6-8-25-9-7-23)11-21-18(24)15-12-26-17(22-15)4-5-20/h1-3,10,12,16H,4-9,11,20H2,(H,21,24). The predicted octanol–water partition coefficient (Wildman–Crippen LogP) is 1.59. The second kappa shape index (κ2) is 9.18. The molecule has 1 aromatic carbocycles. The van der Waals surface area contributed by atoms with Crippen LogP contribution in [0.25, 0.3) is 0 Å². The molecule has 0 spiro atoms. The van der Waals surface area contributed by atoms with E-state index in [1.807, 2.05) is 6.07 Å². The number of benzene rings is 1. The number of halogens is 1. The quantitative estimate of drug-likeness (QED) is 0.765. The fourth-order valence-corrected chi connectivity index (χ4v) is 3.79. The number of nitrogens with one attached hydrogen (secondary N) is 1. The Morgan fingerprint density at radius 1 is 1.42 bits per heavy atom. The Morgan fingerprint density at radius 3 is 2.96 bits per heavy atom. The largest absolute Gasteiger partial charge is 0.379 e. The number of carbonyl (C=O) groups is 1. The second-order valence-electron chi connectivity index (χ2n) is 6.09. The molecule has 0 bridgehead atoms. The summed E-state index contributed by atoms with van der Waals surface area (Å²) in [6.07, 6.45) is 0.664. The molecule has 1 fully saturated rings. The first-order valence-electron chi connectivity index (χ1n) is 8.67. The van der Waals surface area contributed by atoms with Crippen LogP contribution in [0, 0.1) is 5.82 Å². The zero-order chi connectivity index (χ0) is 18.4. The summed E-state index contributed by atoms with van der Waals surface area (Å²) in [5.41, 5.74) is 6.77. The average molecular weight is 378 g/mol. The fourth-order valence-electron chi connectivity index (χ4n) is 2.99. The molecule has 6 nitrogen and oxygen atoms in total. The van der Waals surface area contributed by atoms with Gasteiger partial charge in [-0.15, -0.1) is 11.3 Å². The van der Waals surface area contributed by atoms with Crippen LogP contribution in [0.15, 0.2) is 29.6 Å². The zero-order valence-electron chi connectivity index (χ0n) is 14.5. The molecular weight excluding hydrogens is 355 g/mol. The Bertz CT molecular complexity index is 733. The molecule has 1 saturated heterocycles. The van der Waals surface area contributed by atoms with Gasteiger partial charge in [-0.25, -0.2) is 9.37 Å². The second-order valence-corrected chi connectivity index (χ2v) is 7.04. The first kappa shape index (κ1) is 18.9. The smallest absolute Gasteiger partial charge is 0.270 e. The monoisotopic (exact) mass is 378 g/mol. The van der Waals surface area contributed by atoms with Gasteiger partial charge in [-0.2, -0.15) is 0 Å². The van der Waals surface area contributed by atoms with Crippen LogP contribution < -0.4 is 11.1 Å². The Labute approximate surface area is 156 Å². The first-order chi connectivity index (χ1) is 12.7. The molecule has 1 aromatic heterocycles. The van der Waals surface area contributed by atoms with Crippen molar-refractivity contribution in [2.45, 2.75) is 12.5 Å². The topological polar surface area (TPSA) is 80.5 Å². The van der Waals surface area contributed by atoms with Gasteiger partial charge in [0.25, 0.3) is 5.91 Å². The number of thiazole rings is 1. The summed E-state index contributed by atoms with van der Waals surface area (Å²) < 4.78 is 19.1. The number of hydrogen-bond acceptors (Lipinski definition) is 6. The highest BCUT2D eigenvalue weighted by atomic mass is 32.1. The van der Waals surface area contributed by atoms with Crippen molar-refractivity contribution in [2.75, 3.05) is 39.4 Å². The van der Waals surface area contributed by atoms with Crippen molar-refractivity contribution >= 4 is 17.2 Å². The summed E-state index contributed by atoms with van der Waals surface area (Å²) in [6.45, 7) is 3.64. The van der Waals surface area contributed by atoms with Gasteiger partial charge in [0.2, 0.25) is 0 Å². The maximum absolute atomic E-state index is 13.7. The van der Waals surface area contributed by atoms with E-state index in [4.69, 9.17) is 10.5 Å². The van der Waals surface area contributed by atoms with Crippen LogP contribution in [0.4, 0.5) is 4.39 Å². The molecule has 26 heavy (non-hydrogen) atoms. The lowest BCUT2D eigenvalue weighted by molar-refractivity contribution is 0.0161. The molecule has 2 aromatic rings. The van der Waals surface area contributed by atoms with Gasteiger partial charge < -0.3 is 15.8 Å². The van der Waals surface area contributed by atoms with Crippen LogP contribution >= 0.6 is 11.3 Å². The van der Waals surface area contributed by atoms with Crippen molar-refractivity contribution in [1.29, 1.82) is 0 Å². The molecule has 0 aliphatic carbocycles. The molecule has 140 valence electrons. The lowest BCUT2D eigenvalue weighted by Crippen LogP contribution is -2.43. The third kappa shape index (κ3) is 4.85. The van der Waals surface area contributed by atoms with Crippen LogP contribution in [0.2, 0.25) is 0 Å². The minimum Gasteiger partial charge on any atom is -0.379 e. The minimum absolute atomic E-state index is 0.110. The lowest BCUT2D eigenvalue weighted by atomic mass is 10.0. The van der Waals surface area contributed by atoms with E-state index in [0.29, 0.717) is 38.4 Å². The van der Waals surface area contributed by atoms with E-state index in [1.165, 1.54) is 23.5 Å². The number of hydrogen-bond donors (Lipinski definition) is 2. The molecule has 3 N–H and O–H groups in total. The number of amides is 1. The molecule has 0 saturated carbocycles. The van der Waals surface area contributed by atoms with E-state index >= 15 is 0 Å². The van der Waals surface area contributed by atoms with Gasteiger partial charge in [0.1, 0.15) is 11.5 Å². The van der Waals surface area contributed by atoms with Gasteiger partial charge in [-0.05, 0) is 24.2 Å². The molecule has 0 radical (unpaired) electrons. The van der Waals surface area contributed by atoms with Gasteiger partial charge in [0, 0.05) is 31.4 Å². The number of nitrogens with two attached hydrogens (primary N) is 1. The van der Waals surface area contributed by atoms with E-state index in [1.54, 1.807) is 11.4 Å². The predicted molar refractivity (Wildman–Crippen MR) is 98.7 cm³/mol. The third-order valence-corrected chi connectivity index (χ3v) is 5.23. The van der Waals surface area contributed by atoms with Crippen LogP contribution in [0.3, 0.4) is 0 Å². The number of morpholine rings is 1. The van der Waals surface area contributed by atoms with Crippen molar-refractivity contribution < 1.29 is 13.9 Å². The molecular formula is C18H23FN4O2S. The fraction of sp³-hybridized carbons (Fsp3) is 0.444. The van der Waals surface area contributed by atoms with Crippen molar-refractivity contribution in [2.24, 2.45) is 5.73 Å². The van der Waals surface area contributed by atoms with Gasteiger partial charge in [0.15, 0.2) is 0 Å². The molecule has 1 unspecified atom stereocenters.